The number of sulfonamides is 1. The average Bonchev–Trinajstić information content (AvgIpc) is 2.85. The van der Waals surface area contributed by atoms with Gasteiger partial charge in [0.15, 0.2) is 12.6 Å². The van der Waals surface area contributed by atoms with Crippen molar-refractivity contribution >= 4 is 15.7 Å². The van der Waals surface area contributed by atoms with Crippen LogP contribution >= 0.6 is 0 Å². The van der Waals surface area contributed by atoms with Crippen LogP contribution in [0.1, 0.15) is 11.9 Å². The maximum absolute atomic E-state index is 13.2. The van der Waals surface area contributed by atoms with Crippen LogP contribution in [0, 0.1) is 10.1 Å². The number of hydrogen-bond donors (Lipinski definition) is 1. The van der Waals surface area contributed by atoms with Gasteiger partial charge in [-0.25, -0.2) is 13.1 Å². The quantitative estimate of drug-likeness (QED) is 0.202. The third kappa shape index (κ3) is 4.88. The molecule has 0 aliphatic carbocycles. The van der Waals surface area contributed by atoms with Crippen molar-refractivity contribution in [1.82, 2.24) is 4.72 Å². The number of methoxy groups -OCH3 is 1. The highest BCUT2D eigenvalue weighted by Gasteiger charge is 2.51. The molecule has 0 saturated carbocycles. The summed E-state index contributed by atoms with van der Waals surface area (Å²) in [7, 11) is -2.87. The van der Waals surface area contributed by atoms with Gasteiger partial charge in [0.2, 0.25) is 10.0 Å². The van der Waals surface area contributed by atoms with Gasteiger partial charge < -0.3 is 18.9 Å². The number of hydrogen-bond acceptors (Lipinski definition) is 9. The summed E-state index contributed by atoms with van der Waals surface area (Å²) in [4.78, 5) is 12.9. The predicted molar refractivity (Wildman–Crippen MR) is 116 cm³/mol. The molecular formula is C20H21N5O8S. The van der Waals surface area contributed by atoms with Gasteiger partial charge in [0.1, 0.15) is 18.2 Å². The van der Waals surface area contributed by atoms with Crippen molar-refractivity contribution in [1.29, 1.82) is 0 Å². The van der Waals surface area contributed by atoms with Crippen LogP contribution in [0.5, 0.6) is 0 Å². The number of benzene rings is 2. The van der Waals surface area contributed by atoms with Gasteiger partial charge in [0, 0.05) is 29.7 Å². The third-order valence-corrected chi connectivity index (χ3v) is 6.98. The Balaban J connectivity index is 1.67. The number of nitrogens with one attached hydrogen (secondary N) is 1. The minimum atomic E-state index is -4.21. The molecule has 0 bridgehead atoms. The Morgan fingerprint density at radius 3 is 2.50 bits per heavy atom. The summed E-state index contributed by atoms with van der Waals surface area (Å²) in [5, 5.41) is 14.6. The molecule has 2 saturated heterocycles. The number of ether oxygens (including phenoxy) is 4. The van der Waals surface area contributed by atoms with E-state index in [-0.39, 0.29) is 17.2 Å². The molecule has 6 atom stereocenters. The van der Waals surface area contributed by atoms with E-state index in [0.717, 1.165) is 24.3 Å². The van der Waals surface area contributed by atoms with Gasteiger partial charge in [-0.2, -0.15) is 0 Å². The van der Waals surface area contributed by atoms with E-state index in [1.54, 1.807) is 12.1 Å². The summed E-state index contributed by atoms with van der Waals surface area (Å²) in [6.07, 6.45) is -3.49. The molecule has 2 heterocycles. The van der Waals surface area contributed by atoms with E-state index in [0.29, 0.717) is 5.56 Å². The second kappa shape index (κ2) is 10.0. The smallest absolute Gasteiger partial charge is 0.269 e. The Labute approximate surface area is 194 Å². The topological polar surface area (TPSA) is 175 Å². The number of fused-ring (bicyclic) bond motifs is 1. The number of non-ortho nitro benzene ring substituents is 1. The van der Waals surface area contributed by atoms with Crippen molar-refractivity contribution in [3.63, 3.8) is 0 Å². The van der Waals surface area contributed by atoms with Gasteiger partial charge >= 0.3 is 0 Å². The van der Waals surface area contributed by atoms with Gasteiger partial charge in [-0.05, 0) is 17.7 Å². The van der Waals surface area contributed by atoms with Crippen LogP contribution < -0.4 is 4.72 Å². The highest BCUT2D eigenvalue weighted by molar-refractivity contribution is 7.89. The molecule has 14 heteroatoms. The fourth-order valence-electron chi connectivity index (χ4n) is 3.89. The van der Waals surface area contributed by atoms with Crippen LogP contribution in [-0.4, -0.2) is 57.6 Å². The van der Waals surface area contributed by atoms with Gasteiger partial charge in [-0.3, -0.25) is 10.1 Å². The summed E-state index contributed by atoms with van der Waals surface area (Å²) >= 11 is 0. The molecule has 1 unspecified atom stereocenters. The molecule has 4 rings (SSSR count). The van der Waals surface area contributed by atoms with E-state index >= 15 is 0 Å². The Bertz CT molecular complexity index is 1170. The fourth-order valence-corrected chi connectivity index (χ4v) is 5.15. The maximum Gasteiger partial charge on any atom is 0.269 e. The van der Waals surface area contributed by atoms with Crippen LogP contribution in [-0.2, 0) is 29.0 Å². The van der Waals surface area contributed by atoms with Crippen LogP contribution in [0.25, 0.3) is 10.4 Å². The number of rotatable bonds is 7. The van der Waals surface area contributed by atoms with Gasteiger partial charge in [0.05, 0.1) is 22.5 Å². The summed E-state index contributed by atoms with van der Waals surface area (Å²) < 4.78 is 51.9. The molecule has 0 radical (unpaired) electrons. The summed E-state index contributed by atoms with van der Waals surface area (Å²) in [6.45, 7) is 0.0723. The molecule has 2 aliphatic rings. The van der Waals surface area contributed by atoms with Gasteiger partial charge in [-0.1, -0.05) is 35.4 Å². The summed E-state index contributed by atoms with van der Waals surface area (Å²) in [5.41, 5.74) is 9.57. The lowest BCUT2D eigenvalue weighted by Gasteiger charge is -2.48. The van der Waals surface area contributed by atoms with Crippen molar-refractivity contribution in [3.8, 4) is 0 Å². The van der Waals surface area contributed by atoms with E-state index in [4.69, 9.17) is 24.5 Å². The Morgan fingerprint density at radius 1 is 1.18 bits per heavy atom. The monoisotopic (exact) mass is 491 g/mol. The van der Waals surface area contributed by atoms with Crippen molar-refractivity contribution in [2.75, 3.05) is 13.7 Å². The highest BCUT2D eigenvalue weighted by Crippen LogP contribution is 2.36. The minimum absolute atomic E-state index is 0.0723. The zero-order valence-corrected chi connectivity index (χ0v) is 18.6. The Kier molecular flexibility index (Phi) is 7.09. The van der Waals surface area contributed by atoms with Crippen LogP contribution in [0.15, 0.2) is 64.6 Å². The SMILES string of the molecule is CO[C@H]1O[C@@H]2COC(c3ccccc3)O[C@H]2[C@@H](NS(=O)(=O)c2ccc([N+](=O)[O-])cc2)[C@@H]1N=[N+]=[N-]. The first-order chi connectivity index (χ1) is 16.3. The first-order valence-electron chi connectivity index (χ1n) is 10.2. The number of nitro benzene ring substituents is 1. The standard InChI is InChI=1S/C20H21N5O8S/c1-30-20-17(22-24-21)16(23-34(28,29)14-9-7-13(8-10-14)25(26)27)18-15(32-20)11-31-19(33-18)12-5-3-2-4-6-12/h2-10,15-20,23H,11H2,1H3/t15-,16+,17+,18-,19?,20+/m1/s1. The maximum atomic E-state index is 13.2. The van der Waals surface area contributed by atoms with Crippen molar-refractivity contribution < 1.29 is 32.3 Å². The lowest BCUT2D eigenvalue weighted by atomic mass is 9.94. The lowest BCUT2D eigenvalue weighted by molar-refractivity contribution is -0.384. The Hall–Kier alpha value is -3.10. The molecule has 2 aromatic rings. The normalized spacial score (nSPS) is 29.0. The van der Waals surface area contributed by atoms with Gasteiger partial charge in [0.25, 0.3) is 5.69 Å². The van der Waals surface area contributed by atoms with Crippen LogP contribution in [0.2, 0.25) is 0 Å². The molecule has 180 valence electrons. The van der Waals surface area contributed by atoms with Crippen molar-refractivity contribution in [2.24, 2.45) is 5.11 Å². The molecule has 13 nitrogen and oxygen atoms in total. The van der Waals surface area contributed by atoms with Crippen molar-refractivity contribution in [3.05, 3.63) is 80.7 Å². The second-order valence-corrected chi connectivity index (χ2v) is 9.26. The minimum Gasteiger partial charge on any atom is -0.355 e. The lowest BCUT2D eigenvalue weighted by Crippen LogP contribution is -2.66. The van der Waals surface area contributed by atoms with E-state index < -0.39 is 51.8 Å². The predicted octanol–water partition coefficient (Wildman–Crippen LogP) is 2.41. The van der Waals surface area contributed by atoms with Gasteiger partial charge in [-0.15, -0.1) is 0 Å². The largest absolute Gasteiger partial charge is 0.355 e. The Morgan fingerprint density at radius 2 is 1.88 bits per heavy atom. The van der Waals surface area contributed by atoms with E-state index in [9.17, 15) is 18.5 Å². The van der Waals surface area contributed by atoms with E-state index in [1.165, 1.54) is 7.11 Å². The molecule has 2 fully saturated rings. The number of azide groups is 1. The molecule has 0 amide bonds. The molecule has 0 spiro atoms. The van der Waals surface area contributed by atoms with Crippen LogP contribution in [0.3, 0.4) is 0 Å². The summed E-state index contributed by atoms with van der Waals surface area (Å²) in [6, 6.07) is 11.3. The van der Waals surface area contributed by atoms with E-state index in [2.05, 4.69) is 14.7 Å². The third-order valence-electron chi connectivity index (χ3n) is 5.51. The molecular weight excluding hydrogens is 470 g/mol. The molecule has 0 aromatic heterocycles. The second-order valence-electron chi connectivity index (χ2n) is 7.55. The summed E-state index contributed by atoms with van der Waals surface area (Å²) in [5.74, 6) is 0. The average molecular weight is 491 g/mol. The molecule has 1 N–H and O–H groups in total. The molecule has 34 heavy (non-hydrogen) atoms. The number of nitrogens with zero attached hydrogens (tertiary/aromatic N) is 4. The van der Waals surface area contributed by atoms with E-state index in [1.807, 2.05) is 18.2 Å². The molecule has 2 aliphatic heterocycles. The fraction of sp³-hybridized carbons (Fsp3) is 0.400. The first-order valence-corrected chi connectivity index (χ1v) is 11.6. The zero-order chi connectivity index (χ0) is 24.3. The highest BCUT2D eigenvalue weighted by atomic mass is 32.2. The number of nitro groups is 1. The zero-order valence-electron chi connectivity index (χ0n) is 17.8. The van der Waals surface area contributed by atoms with Crippen LogP contribution in [0.4, 0.5) is 5.69 Å². The first kappa shape index (κ1) is 24.0. The molecule has 2 aromatic carbocycles. The van der Waals surface area contributed by atoms with Crippen molar-refractivity contribution in [2.45, 2.75) is 41.8 Å².